The van der Waals surface area contributed by atoms with E-state index in [4.69, 9.17) is 23.7 Å². The number of rotatable bonds is 3. The van der Waals surface area contributed by atoms with E-state index in [0.717, 1.165) is 11.1 Å². The second-order valence-electron chi connectivity index (χ2n) is 8.55. The van der Waals surface area contributed by atoms with Gasteiger partial charge in [0.25, 0.3) is 5.69 Å². The van der Waals surface area contributed by atoms with Gasteiger partial charge in [0.05, 0.1) is 57.8 Å². The maximum absolute atomic E-state index is 11.6. The highest BCUT2D eigenvalue weighted by Gasteiger charge is 2.20. The molecule has 4 rings (SSSR count). The summed E-state index contributed by atoms with van der Waals surface area (Å²) in [5.74, 6) is -0.0884. The second-order valence-corrected chi connectivity index (χ2v) is 8.55. The lowest BCUT2D eigenvalue weighted by molar-refractivity contribution is -0.385. The number of nitrogens with zero attached hydrogens (tertiary/aromatic N) is 1. The van der Waals surface area contributed by atoms with Crippen LogP contribution in [0.2, 0.25) is 0 Å². The van der Waals surface area contributed by atoms with Crippen LogP contribution in [0.25, 0.3) is 0 Å². The lowest BCUT2D eigenvalue weighted by atomic mass is 10.1. The molecule has 1 N–H and O–H groups in total. The molecule has 196 valence electrons. The van der Waals surface area contributed by atoms with E-state index in [1.165, 1.54) is 12.1 Å². The van der Waals surface area contributed by atoms with Gasteiger partial charge in [-0.1, -0.05) is 60.7 Å². The number of benzene rings is 3. The first kappa shape index (κ1) is 26.7. The number of aromatic hydroxyl groups is 1. The predicted molar refractivity (Wildman–Crippen MR) is 135 cm³/mol. The molecule has 0 spiro atoms. The molecule has 0 aliphatic carbocycles. The molecule has 3 aromatic carbocycles. The summed E-state index contributed by atoms with van der Waals surface area (Å²) in [6, 6.07) is 21.9. The number of nitro groups is 1. The summed E-state index contributed by atoms with van der Waals surface area (Å²) in [5.41, 5.74) is 2.33. The lowest BCUT2D eigenvalue weighted by Gasteiger charge is -2.21. The van der Waals surface area contributed by atoms with Gasteiger partial charge in [-0.15, -0.1) is 0 Å². The molecule has 9 nitrogen and oxygen atoms in total. The molecule has 0 amide bonds. The van der Waals surface area contributed by atoms with Crippen molar-refractivity contribution < 1.29 is 33.7 Å². The van der Waals surface area contributed by atoms with Gasteiger partial charge in [0.15, 0.2) is 0 Å². The van der Waals surface area contributed by atoms with Gasteiger partial charge in [0.1, 0.15) is 18.0 Å². The van der Waals surface area contributed by atoms with Crippen molar-refractivity contribution in [2.24, 2.45) is 0 Å². The van der Waals surface area contributed by atoms with E-state index in [1.807, 2.05) is 60.7 Å². The minimum atomic E-state index is -0.496. The fourth-order valence-corrected chi connectivity index (χ4v) is 4.04. The number of hydrogen-bond donors (Lipinski definition) is 1. The lowest BCUT2D eigenvalue weighted by Crippen LogP contribution is -2.18. The van der Waals surface area contributed by atoms with Gasteiger partial charge in [-0.05, 0) is 11.1 Å². The Kier molecular flexibility index (Phi) is 9.98. The van der Waals surface area contributed by atoms with Gasteiger partial charge in [0.2, 0.25) is 0 Å². The first-order valence-electron chi connectivity index (χ1n) is 12.2. The van der Waals surface area contributed by atoms with Crippen molar-refractivity contribution in [2.45, 2.75) is 25.4 Å². The fourth-order valence-electron chi connectivity index (χ4n) is 4.04. The average molecular weight is 510 g/mol. The maximum atomic E-state index is 11.6. The molecule has 2 atom stereocenters. The van der Waals surface area contributed by atoms with Gasteiger partial charge in [-0.2, -0.15) is 0 Å². The zero-order chi connectivity index (χ0) is 25.9. The predicted octanol–water partition coefficient (Wildman–Crippen LogP) is 4.88. The molecule has 0 saturated carbocycles. The number of non-ortho nitro benzene ring substituents is 1. The van der Waals surface area contributed by atoms with Gasteiger partial charge in [-0.25, -0.2) is 0 Å². The molecule has 0 saturated heterocycles. The van der Waals surface area contributed by atoms with Crippen LogP contribution in [0.5, 0.6) is 5.75 Å². The summed E-state index contributed by atoms with van der Waals surface area (Å²) >= 11 is 0. The molecular formula is C28H31NO8. The number of fused-ring (bicyclic) bond motifs is 2. The number of nitro benzene ring substituents is 1. The Morgan fingerprint density at radius 2 is 1.16 bits per heavy atom. The SMILES string of the molecule is O=[N+]([O-])c1cc2c(O)c(c1)COC[C@H](c1ccccc1)OCCOCCOC(c1ccccc1)COC2. The number of ether oxygens (including phenoxy) is 5. The van der Waals surface area contributed by atoms with Gasteiger partial charge >= 0.3 is 0 Å². The number of phenols is 1. The maximum Gasteiger partial charge on any atom is 0.270 e. The topological polar surface area (TPSA) is 110 Å². The normalized spacial score (nSPS) is 20.4. The Bertz CT molecular complexity index is 1050. The van der Waals surface area contributed by atoms with Crippen molar-refractivity contribution in [3.05, 3.63) is 105 Å². The Balaban J connectivity index is 1.55. The van der Waals surface area contributed by atoms with Crippen LogP contribution in [-0.2, 0) is 36.9 Å². The highest BCUT2D eigenvalue weighted by Crippen LogP contribution is 2.31. The molecule has 1 heterocycles. The zero-order valence-corrected chi connectivity index (χ0v) is 20.5. The van der Waals surface area contributed by atoms with E-state index in [1.54, 1.807) is 0 Å². The molecule has 0 aromatic heterocycles. The molecule has 1 aliphatic rings. The highest BCUT2D eigenvalue weighted by atomic mass is 16.6. The van der Waals surface area contributed by atoms with Crippen LogP contribution >= 0.6 is 0 Å². The van der Waals surface area contributed by atoms with E-state index in [2.05, 4.69) is 0 Å². The van der Waals surface area contributed by atoms with Crippen LogP contribution < -0.4 is 0 Å². The Morgan fingerprint density at radius 3 is 1.59 bits per heavy atom. The van der Waals surface area contributed by atoms with E-state index in [9.17, 15) is 15.2 Å². The van der Waals surface area contributed by atoms with E-state index >= 15 is 0 Å². The van der Waals surface area contributed by atoms with E-state index < -0.39 is 4.92 Å². The Hall–Kier alpha value is -3.34. The summed E-state index contributed by atoms with van der Waals surface area (Å²) in [4.78, 5) is 11.1. The van der Waals surface area contributed by atoms with Crippen molar-refractivity contribution in [3.63, 3.8) is 0 Å². The molecule has 9 heteroatoms. The smallest absolute Gasteiger partial charge is 0.270 e. The molecule has 37 heavy (non-hydrogen) atoms. The van der Waals surface area contributed by atoms with Crippen LogP contribution in [0.1, 0.15) is 34.5 Å². The monoisotopic (exact) mass is 509 g/mol. The quantitative estimate of drug-likeness (QED) is 0.393. The summed E-state index contributed by atoms with van der Waals surface area (Å²) in [7, 11) is 0. The third-order valence-corrected chi connectivity index (χ3v) is 5.95. The summed E-state index contributed by atoms with van der Waals surface area (Å²) in [5, 5.41) is 22.4. The third kappa shape index (κ3) is 7.82. The van der Waals surface area contributed by atoms with E-state index in [0.29, 0.717) is 37.6 Å². The number of phenolic OH excluding ortho intramolecular Hbond substituents is 1. The van der Waals surface area contributed by atoms with Crippen molar-refractivity contribution in [1.82, 2.24) is 0 Å². The average Bonchev–Trinajstić information content (AvgIpc) is 2.92. The Morgan fingerprint density at radius 1 is 0.703 bits per heavy atom. The minimum absolute atomic E-state index is 0.0283. The second kappa shape index (κ2) is 13.8. The van der Waals surface area contributed by atoms with Crippen LogP contribution in [-0.4, -0.2) is 49.7 Å². The molecular weight excluding hydrogens is 478 g/mol. The van der Waals surface area contributed by atoms with Crippen LogP contribution in [0.15, 0.2) is 72.8 Å². The van der Waals surface area contributed by atoms with Crippen molar-refractivity contribution in [1.29, 1.82) is 0 Å². The molecule has 1 unspecified atom stereocenters. The van der Waals surface area contributed by atoms with E-state index in [-0.39, 0.29) is 50.1 Å². The van der Waals surface area contributed by atoms with Crippen LogP contribution in [0.4, 0.5) is 5.69 Å². The van der Waals surface area contributed by atoms with Gasteiger partial charge in [-0.3, -0.25) is 10.1 Å². The minimum Gasteiger partial charge on any atom is -0.507 e. The fraction of sp³-hybridized carbons (Fsp3) is 0.357. The van der Waals surface area contributed by atoms with Crippen LogP contribution in [0, 0.1) is 10.1 Å². The number of hydrogen-bond acceptors (Lipinski definition) is 8. The van der Waals surface area contributed by atoms with Crippen molar-refractivity contribution >= 4 is 5.69 Å². The zero-order valence-electron chi connectivity index (χ0n) is 20.5. The Labute approximate surface area is 215 Å². The highest BCUT2D eigenvalue weighted by molar-refractivity contribution is 5.49. The standard InChI is InChI=1S/C28H31NO8/c30-28-23-15-25(29(31)32)16-24(28)18-35-20-27(22-9-5-2-6-10-22)37-14-12-33-11-13-36-26(19-34-17-23)21-7-3-1-4-8-21/h1-10,15-16,26-27,30H,11-14,17-20H2/t26-,27?/m1/s1. The molecule has 3 aromatic rings. The summed E-state index contributed by atoms with van der Waals surface area (Å²) < 4.78 is 29.5. The molecule has 1 aliphatic heterocycles. The van der Waals surface area contributed by atoms with Crippen molar-refractivity contribution in [2.75, 3.05) is 39.6 Å². The van der Waals surface area contributed by atoms with Crippen molar-refractivity contribution in [3.8, 4) is 5.75 Å². The van der Waals surface area contributed by atoms with Crippen LogP contribution in [0.3, 0.4) is 0 Å². The first-order chi connectivity index (χ1) is 18.1. The van der Waals surface area contributed by atoms with Gasteiger partial charge in [0, 0.05) is 23.3 Å². The molecule has 2 bridgehead atoms. The third-order valence-electron chi connectivity index (χ3n) is 5.95. The summed E-state index contributed by atoms with van der Waals surface area (Å²) in [6.45, 7) is 1.79. The molecule has 0 fully saturated rings. The van der Waals surface area contributed by atoms with Gasteiger partial charge < -0.3 is 28.8 Å². The first-order valence-corrected chi connectivity index (χ1v) is 12.2. The summed E-state index contributed by atoms with van der Waals surface area (Å²) in [6.07, 6.45) is -0.739. The largest absolute Gasteiger partial charge is 0.507 e. The molecule has 0 radical (unpaired) electrons.